The molecule has 0 bridgehead atoms. The van der Waals surface area contributed by atoms with Gasteiger partial charge in [0.15, 0.2) is 5.25 Å². The number of nitrogens with one attached hydrogen (secondary N) is 1. The highest BCUT2D eigenvalue weighted by atomic mass is 32.2. The number of nitriles is 1. The van der Waals surface area contributed by atoms with Gasteiger partial charge in [-0.05, 0) is 31.5 Å². The lowest BCUT2D eigenvalue weighted by molar-refractivity contribution is 0.350. The number of anilines is 1. The van der Waals surface area contributed by atoms with E-state index in [2.05, 4.69) is 16.6 Å². The molecule has 100 valence electrons. The van der Waals surface area contributed by atoms with Gasteiger partial charge in [0.05, 0.1) is 6.07 Å². The van der Waals surface area contributed by atoms with E-state index in [9.17, 15) is 8.42 Å². The molecule has 1 rings (SSSR count). The normalized spacial score (nSPS) is 11.9. The third-order valence-corrected chi connectivity index (χ3v) is 4.00. The molecule has 0 amide bonds. The fourth-order valence-corrected chi connectivity index (χ4v) is 2.05. The summed E-state index contributed by atoms with van der Waals surface area (Å²) in [4.78, 5) is 0. The highest BCUT2D eigenvalue weighted by Crippen LogP contribution is 2.17. The van der Waals surface area contributed by atoms with Crippen LogP contribution >= 0.6 is 0 Å². The van der Waals surface area contributed by atoms with E-state index in [0.717, 1.165) is 5.56 Å². The van der Waals surface area contributed by atoms with Gasteiger partial charge in [0.1, 0.15) is 6.61 Å². The Morgan fingerprint density at radius 1 is 1.47 bits per heavy atom. The summed E-state index contributed by atoms with van der Waals surface area (Å²) in [5.74, 6) is 5.24. The molecule has 0 aromatic heterocycles. The van der Waals surface area contributed by atoms with Crippen LogP contribution in [0.5, 0.6) is 0 Å². The smallest absolute Gasteiger partial charge is 0.248 e. The van der Waals surface area contributed by atoms with Crippen molar-refractivity contribution < 1.29 is 13.5 Å². The fraction of sp³-hybridized carbons (Fsp3) is 0.308. The maximum absolute atomic E-state index is 11.7. The van der Waals surface area contributed by atoms with Crippen molar-refractivity contribution >= 4 is 15.7 Å². The molecule has 5 nitrogen and oxygen atoms in total. The van der Waals surface area contributed by atoms with Gasteiger partial charge in [-0.25, -0.2) is 8.42 Å². The average molecular weight is 278 g/mol. The van der Waals surface area contributed by atoms with Crippen LogP contribution < -0.4 is 4.72 Å². The van der Waals surface area contributed by atoms with Crippen molar-refractivity contribution in [2.24, 2.45) is 0 Å². The Hall–Kier alpha value is -2.02. The third kappa shape index (κ3) is 3.99. The fourth-order valence-electron chi connectivity index (χ4n) is 1.28. The summed E-state index contributed by atoms with van der Waals surface area (Å²) in [5.41, 5.74) is 1.84. The van der Waals surface area contributed by atoms with Crippen LogP contribution in [0.3, 0.4) is 0 Å². The van der Waals surface area contributed by atoms with E-state index in [1.807, 2.05) is 6.92 Å². The molecule has 2 N–H and O–H groups in total. The van der Waals surface area contributed by atoms with Gasteiger partial charge in [-0.3, -0.25) is 4.72 Å². The minimum absolute atomic E-state index is 0.263. The summed E-state index contributed by atoms with van der Waals surface area (Å²) in [6.07, 6.45) is 0. The van der Waals surface area contributed by atoms with E-state index in [-0.39, 0.29) is 6.61 Å². The van der Waals surface area contributed by atoms with Crippen LogP contribution in [-0.4, -0.2) is 25.4 Å². The third-order valence-electron chi connectivity index (χ3n) is 2.45. The molecule has 0 aliphatic rings. The van der Waals surface area contributed by atoms with Crippen LogP contribution in [-0.2, 0) is 10.0 Å². The maximum Gasteiger partial charge on any atom is 0.248 e. The Kier molecular flexibility index (Phi) is 4.94. The first-order chi connectivity index (χ1) is 8.90. The van der Waals surface area contributed by atoms with Crippen molar-refractivity contribution in [3.63, 3.8) is 0 Å². The topological polar surface area (TPSA) is 90.2 Å². The standard InChI is InChI=1S/C13H14N2O3S/c1-10-5-6-13(8-12(10)4-3-7-16)15-19(17,18)11(2)9-14/h5-6,8,11,15-16H,7H2,1-2H3. The number of aliphatic hydroxyl groups excluding tert-OH is 1. The van der Waals surface area contributed by atoms with Gasteiger partial charge in [0.2, 0.25) is 10.0 Å². The number of rotatable bonds is 3. The number of benzene rings is 1. The Labute approximate surface area is 112 Å². The van der Waals surface area contributed by atoms with E-state index >= 15 is 0 Å². The summed E-state index contributed by atoms with van der Waals surface area (Å²) < 4.78 is 25.8. The quantitative estimate of drug-likeness (QED) is 0.807. The molecular weight excluding hydrogens is 264 g/mol. The largest absolute Gasteiger partial charge is 0.384 e. The lowest BCUT2D eigenvalue weighted by atomic mass is 10.1. The van der Waals surface area contributed by atoms with Gasteiger partial charge in [-0.15, -0.1) is 0 Å². The average Bonchev–Trinajstić information content (AvgIpc) is 2.38. The molecular formula is C13H14N2O3S. The molecule has 0 aliphatic heterocycles. The number of hydrogen-bond acceptors (Lipinski definition) is 4. The molecule has 6 heteroatoms. The Morgan fingerprint density at radius 2 is 2.16 bits per heavy atom. The van der Waals surface area contributed by atoms with E-state index < -0.39 is 15.3 Å². The van der Waals surface area contributed by atoms with Crippen molar-refractivity contribution in [2.45, 2.75) is 19.1 Å². The first-order valence-corrected chi connectivity index (χ1v) is 7.07. The van der Waals surface area contributed by atoms with Crippen LogP contribution in [0.25, 0.3) is 0 Å². The number of aryl methyl sites for hydroxylation is 1. The van der Waals surface area contributed by atoms with Crippen LogP contribution in [0.2, 0.25) is 0 Å². The van der Waals surface area contributed by atoms with Crippen LogP contribution in [0.15, 0.2) is 18.2 Å². The zero-order valence-electron chi connectivity index (χ0n) is 10.6. The summed E-state index contributed by atoms with van der Waals surface area (Å²) >= 11 is 0. The molecule has 0 heterocycles. The van der Waals surface area contributed by atoms with Crippen molar-refractivity contribution in [3.8, 4) is 17.9 Å². The molecule has 0 fully saturated rings. The van der Waals surface area contributed by atoms with E-state index in [1.54, 1.807) is 24.3 Å². The monoisotopic (exact) mass is 278 g/mol. The van der Waals surface area contributed by atoms with Crippen molar-refractivity contribution in [2.75, 3.05) is 11.3 Å². The van der Waals surface area contributed by atoms with E-state index in [1.165, 1.54) is 6.92 Å². The molecule has 0 aliphatic carbocycles. The summed E-state index contributed by atoms with van der Waals surface area (Å²) in [6.45, 7) is 2.88. The molecule has 0 radical (unpaired) electrons. The molecule has 0 saturated carbocycles. The van der Waals surface area contributed by atoms with E-state index in [0.29, 0.717) is 11.3 Å². The van der Waals surface area contributed by atoms with Crippen LogP contribution in [0, 0.1) is 30.1 Å². The Bertz CT molecular complexity index is 663. The predicted octanol–water partition coefficient (Wildman–Crippen LogP) is 0.993. The second-order valence-corrected chi connectivity index (χ2v) is 5.91. The van der Waals surface area contributed by atoms with Crippen molar-refractivity contribution in [3.05, 3.63) is 29.3 Å². The number of aliphatic hydroxyl groups is 1. The van der Waals surface area contributed by atoms with Gasteiger partial charge in [-0.2, -0.15) is 5.26 Å². The highest BCUT2D eigenvalue weighted by molar-refractivity contribution is 7.93. The summed E-state index contributed by atoms with van der Waals surface area (Å²) in [5, 5.41) is 16.2. The number of sulfonamides is 1. The Balaban J connectivity index is 3.08. The lowest BCUT2D eigenvalue weighted by Gasteiger charge is -2.10. The molecule has 1 aromatic rings. The number of hydrogen-bond donors (Lipinski definition) is 2. The summed E-state index contributed by atoms with van der Waals surface area (Å²) in [7, 11) is -3.72. The molecule has 1 aromatic carbocycles. The SMILES string of the molecule is Cc1ccc(NS(=O)(=O)C(C)C#N)cc1C#CCO. The molecule has 0 saturated heterocycles. The summed E-state index contributed by atoms with van der Waals surface area (Å²) in [6, 6.07) is 6.56. The van der Waals surface area contributed by atoms with Gasteiger partial charge >= 0.3 is 0 Å². The van der Waals surface area contributed by atoms with E-state index in [4.69, 9.17) is 10.4 Å². The zero-order valence-corrected chi connectivity index (χ0v) is 11.5. The van der Waals surface area contributed by atoms with Gasteiger partial charge in [0, 0.05) is 11.3 Å². The Morgan fingerprint density at radius 3 is 2.74 bits per heavy atom. The molecule has 19 heavy (non-hydrogen) atoms. The molecule has 1 unspecified atom stereocenters. The molecule has 1 atom stereocenters. The minimum atomic E-state index is -3.72. The maximum atomic E-state index is 11.7. The van der Waals surface area contributed by atoms with Gasteiger partial charge < -0.3 is 5.11 Å². The van der Waals surface area contributed by atoms with Crippen LogP contribution in [0.1, 0.15) is 18.1 Å². The van der Waals surface area contributed by atoms with Crippen molar-refractivity contribution in [1.82, 2.24) is 0 Å². The lowest BCUT2D eigenvalue weighted by Crippen LogP contribution is -2.23. The second-order valence-electron chi connectivity index (χ2n) is 3.91. The molecule has 0 spiro atoms. The van der Waals surface area contributed by atoms with Crippen LogP contribution in [0.4, 0.5) is 5.69 Å². The second kappa shape index (κ2) is 6.24. The predicted molar refractivity (Wildman–Crippen MR) is 72.8 cm³/mol. The zero-order chi connectivity index (χ0) is 14.5. The minimum Gasteiger partial charge on any atom is -0.384 e. The first-order valence-electron chi connectivity index (χ1n) is 5.52. The van der Waals surface area contributed by atoms with Crippen molar-refractivity contribution in [1.29, 1.82) is 5.26 Å². The first kappa shape index (κ1) is 15.0. The highest BCUT2D eigenvalue weighted by Gasteiger charge is 2.19. The van der Waals surface area contributed by atoms with Gasteiger partial charge in [0.25, 0.3) is 0 Å². The van der Waals surface area contributed by atoms with Gasteiger partial charge in [-0.1, -0.05) is 17.9 Å². The number of nitrogens with zero attached hydrogens (tertiary/aromatic N) is 1.